The molecule has 0 fully saturated rings. The average molecular weight is 220 g/mol. The van der Waals surface area contributed by atoms with Crippen molar-refractivity contribution in [2.45, 2.75) is 20.3 Å². The lowest BCUT2D eigenvalue weighted by atomic mass is 10.1. The number of carboxylic acids is 3. The van der Waals surface area contributed by atoms with Crippen LogP contribution in [-0.4, -0.2) is 39.0 Å². The first-order chi connectivity index (χ1) is 6.68. The predicted octanol–water partition coefficient (Wildman–Crippen LogP) is -0.158. The SMILES string of the molecule is CC(=O)C(=O)O.CC(CC(=O)O)C(=O)O. The zero-order valence-corrected chi connectivity index (χ0v) is 8.26. The first-order valence-corrected chi connectivity index (χ1v) is 3.87. The van der Waals surface area contributed by atoms with E-state index in [-0.39, 0.29) is 6.42 Å². The van der Waals surface area contributed by atoms with E-state index in [1.807, 2.05) is 0 Å². The van der Waals surface area contributed by atoms with E-state index < -0.39 is 29.6 Å². The largest absolute Gasteiger partial charge is 0.481 e. The third-order valence-electron chi connectivity index (χ3n) is 1.20. The van der Waals surface area contributed by atoms with Crippen molar-refractivity contribution in [2.24, 2.45) is 5.92 Å². The van der Waals surface area contributed by atoms with Gasteiger partial charge in [0.1, 0.15) is 0 Å². The van der Waals surface area contributed by atoms with Crippen LogP contribution in [0, 0.1) is 5.92 Å². The molecule has 86 valence electrons. The summed E-state index contributed by atoms with van der Waals surface area (Å²) in [6.45, 7) is 2.36. The molecule has 0 aromatic heterocycles. The second-order valence-electron chi connectivity index (χ2n) is 2.70. The lowest BCUT2D eigenvalue weighted by molar-refractivity contribution is -0.148. The number of Topliss-reactive ketones (excluding diaryl/α,β-unsaturated/α-hetero) is 1. The minimum atomic E-state index is -1.38. The molecule has 0 bridgehead atoms. The molecule has 0 saturated heterocycles. The summed E-state index contributed by atoms with van der Waals surface area (Å²) < 4.78 is 0. The van der Waals surface area contributed by atoms with Gasteiger partial charge in [0.05, 0.1) is 12.3 Å². The highest BCUT2D eigenvalue weighted by atomic mass is 16.4. The molecule has 0 heterocycles. The fourth-order valence-corrected chi connectivity index (χ4v) is 0.349. The Kier molecular flexibility index (Phi) is 7.75. The number of aliphatic carboxylic acids is 3. The van der Waals surface area contributed by atoms with Crippen molar-refractivity contribution in [2.75, 3.05) is 0 Å². The standard InChI is InChI=1S/C5H8O4.C3H4O3/c1-3(5(8)9)2-4(6)7;1-2(4)3(5)6/h3H,2H2,1H3,(H,6,7)(H,8,9);1H3,(H,5,6). The van der Waals surface area contributed by atoms with Crippen molar-refractivity contribution >= 4 is 23.7 Å². The van der Waals surface area contributed by atoms with Crippen molar-refractivity contribution < 1.29 is 34.5 Å². The molecule has 15 heavy (non-hydrogen) atoms. The Balaban J connectivity index is 0. The molecule has 0 aliphatic rings. The number of hydrogen-bond donors (Lipinski definition) is 3. The summed E-state index contributed by atoms with van der Waals surface area (Å²) in [5.41, 5.74) is 0. The lowest BCUT2D eigenvalue weighted by Gasteiger charge is -1.98. The Labute approximate surface area is 85.3 Å². The molecule has 0 spiro atoms. The predicted molar refractivity (Wildman–Crippen MR) is 47.4 cm³/mol. The number of ketones is 1. The van der Waals surface area contributed by atoms with Crippen LogP contribution < -0.4 is 0 Å². The van der Waals surface area contributed by atoms with Crippen LogP contribution in [0.15, 0.2) is 0 Å². The molecule has 0 rings (SSSR count). The normalized spacial score (nSPS) is 10.5. The van der Waals surface area contributed by atoms with Crippen LogP contribution in [0.2, 0.25) is 0 Å². The van der Waals surface area contributed by atoms with Crippen LogP contribution in [0.25, 0.3) is 0 Å². The maximum absolute atomic E-state index is 9.97. The van der Waals surface area contributed by atoms with E-state index in [1.54, 1.807) is 0 Å². The second kappa shape index (κ2) is 7.48. The van der Waals surface area contributed by atoms with E-state index in [9.17, 15) is 19.2 Å². The van der Waals surface area contributed by atoms with Gasteiger partial charge in [-0.15, -0.1) is 0 Å². The molecule has 0 aromatic carbocycles. The summed E-state index contributed by atoms with van der Waals surface area (Å²) in [4.78, 5) is 38.7. The highest BCUT2D eigenvalue weighted by molar-refractivity contribution is 6.31. The lowest BCUT2D eigenvalue weighted by Crippen LogP contribution is -2.13. The maximum atomic E-state index is 9.97. The molecule has 7 heteroatoms. The Morgan fingerprint density at radius 2 is 1.40 bits per heavy atom. The zero-order valence-electron chi connectivity index (χ0n) is 8.26. The van der Waals surface area contributed by atoms with E-state index in [2.05, 4.69) is 0 Å². The van der Waals surface area contributed by atoms with Gasteiger partial charge in [0.15, 0.2) is 0 Å². The summed E-state index contributed by atoms with van der Waals surface area (Å²) >= 11 is 0. The van der Waals surface area contributed by atoms with Gasteiger partial charge in [-0.3, -0.25) is 14.4 Å². The summed E-state index contributed by atoms with van der Waals surface area (Å²) in [5.74, 6) is -5.14. The summed E-state index contributed by atoms with van der Waals surface area (Å²) in [6.07, 6.45) is -0.310. The monoisotopic (exact) mass is 220 g/mol. The molecule has 0 aromatic rings. The van der Waals surface area contributed by atoms with Gasteiger partial charge >= 0.3 is 17.9 Å². The number of carbonyl (C=O) groups excluding carboxylic acids is 1. The quantitative estimate of drug-likeness (QED) is 0.561. The number of rotatable bonds is 4. The Bertz CT molecular complexity index is 256. The Morgan fingerprint density at radius 1 is 1.07 bits per heavy atom. The summed E-state index contributed by atoms with van der Waals surface area (Å²) in [6, 6.07) is 0. The molecule has 0 saturated carbocycles. The minimum absolute atomic E-state index is 0.310. The van der Waals surface area contributed by atoms with Gasteiger partial charge in [0.2, 0.25) is 5.78 Å². The molecule has 7 nitrogen and oxygen atoms in total. The van der Waals surface area contributed by atoms with E-state index in [4.69, 9.17) is 15.3 Å². The number of carbonyl (C=O) groups is 4. The number of carboxylic acid groups (broad SMARTS) is 3. The van der Waals surface area contributed by atoms with Gasteiger partial charge < -0.3 is 15.3 Å². The molecular formula is C8H12O7. The molecule has 0 aliphatic carbocycles. The highest BCUT2D eigenvalue weighted by Gasteiger charge is 2.13. The molecule has 0 aliphatic heterocycles. The molecule has 3 N–H and O–H groups in total. The van der Waals surface area contributed by atoms with Gasteiger partial charge in [0.25, 0.3) is 0 Å². The third-order valence-corrected chi connectivity index (χ3v) is 1.20. The molecule has 1 unspecified atom stereocenters. The second-order valence-corrected chi connectivity index (χ2v) is 2.70. The average Bonchev–Trinajstić information content (AvgIpc) is 2.03. The van der Waals surface area contributed by atoms with Crippen molar-refractivity contribution in [3.8, 4) is 0 Å². The van der Waals surface area contributed by atoms with Crippen molar-refractivity contribution in [3.05, 3.63) is 0 Å². The van der Waals surface area contributed by atoms with Gasteiger partial charge in [-0.2, -0.15) is 0 Å². The van der Waals surface area contributed by atoms with Gasteiger partial charge in [-0.25, -0.2) is 4.79 Å². The van der Waals surface area contributed by atoms with E-state index in [1.165, 1.54) is 6.92 Å². The van der Waals surface area contributed by atoms with Crippen molar-refractivity contribution in [1.29, 1.82) is 0 Å². The van der Waals surface area contributed by atoms with Crippen LogP contribution in [-0.2, 0) is 19.2 Å². The third kappa shape index (κ3) is 12.1. The molecular weight excluding hydrogens is 208 g/mol. The molecule has 0 amide bonds. The molecule has 1 atom stereocenters. The molecule has 0 radical (unpaired) electrons. The van der Waals surface area contributed by atoms with Gasteiger partial charge in [-0.05, 0) is 0 Å². The van der Waals surface area contributed by atoms with Gasteiger partial charge in [0, 0.05) is 6.92 Å². The fraction of sp³-hybridized carbons (Fsp3) is 0.500. The van der Waals surface area contributed by atoms with Crippen LogP contribution in [0.4, 0.5) is 0 Å². The van der Waals surface area contributed by atoms with Crippen LogP contribution >= 0.6 is 0 Å². The Hall–Kier alpha value is -1.92. The van der Waals surface area contributed by atoms with Gasteiger partial charge in [-0.1, -0.05) is 6.92 Å². The van der Waals surface area contributed by atoms with Crippen molar-refractivity contribution in [1.82, 2.24) is 0 Å². The Morgan fingerprint density at radius 3 is 1.47 bits per heavy atom. The number of hydrogen-bond acceptors (Lipinski definition) is 4. The van der Waals surface area contributed by atoms with Crippen molar-refractivity contribution in [3.63, 3.8) is 0 Å². The fourth-order valence-electron chi connectivity index (χ4n) is 0.349. The minimum Gasteiger partial charge on any atom is -0.481 e. The highest BCUT2D eigenvalue weighted by Crippen LogP contribution is 1.99. The van der Waals surface area contributed by atoms with E-state index in [0.717, 1.165) is 6.92 Å². The smallest absolute Gasteiger partial charge is 0.371 e. The first-order valence-electron chi connectivity index (χ1n) is 3.87. The van der Waals surface area contributed by atoms with Crippen LogP contribution in [0.1, 0.15) is 20.3 Å². The van der Waals surface area contributed by atoms with Crippen LogP contribution in [0.5, 0.6) is 0 Å². The summed E-state index contributed by atoms with van der Waals surface area (Å²) in [7, 11) is 0. The zero-order chi connectivity index (χ0) is 12.6. The topological polar surface area (TPSA) is 129 Å². The maximum Gasteiger partial charge on any atom is 0.371 e. The van der Waals surface area contributed by atoms with E-state index in [0.29, 0.717) is 0 Å². The van der Waals surface area contributed by atoms with E-state index >= 15 is 0 Å². The summed E-state index contributed by atoms with van der Waals surface area (Å²) in [5, 5.41) is 23.9. The first kappa shape index (κ1) is 15.5. The van der Waals surface area contributed by atoms with Crippen LogP contribution in [0.3, 0.4) is 0 Å².